The summed E-state index contributed by atoms with van der Waals surface area (Å²) in [5, 5.41) is 4.18. The van der Waals surface area contributed by atoms with Crippen LogP contribution in [0.3, 0.4) is 0 Å². The summed E-state index contributed by atoms with van der Waals surface area (Å²) >= 11 is 0. The van der Waals surface area contributed by atoms with Gasteiger partial charge in [0.2, 0.25) is 9.04 Å². The standard InChI is InChI=1S/C15H21N3OSi/c1-11-6-7-14(15(8-11)19-20(4)5)17-12(2)13-9-16-18(3)10-13/h6-10,20H,1-5H3/p+1. The number of aliphatic imine (C=N–C) groups is 1. The predicted octanol–water partition coefficient (Wildman–Crippen LogP) is 3.34. The zero-order chi connectivity index (χ0) is 14.7. The monoisotopic (exact) mass is 288 g/mol. The summed E-state index contributed by atoms with van der Waals surface area (Å²) < 4.78 is 7.76. The average molecular weight is 288 g/mol. The number of nitrogens with zero attached hydrogens (tertiary/aromatic N) is 3. The first-order chi connectivity index (χ1) is 9.45. The SMILES string of the molecule is CC(=Nc1ccc(C)cc1O[SiH](C)C)c1cnn(C)c1.[H+]. The highest BCUT2D eigenvalue weighted by Gasteiger charge is 2.08. The fourth-order valence-corrected chi connectivity index (χ4v) is 2.61. The van der Waals surface area contributed by atoms with Crippen molar-refractivity contribution in [1.29, 1.82) is 0 Å². The van der Waals surface area contributed by atoms with Crippen LogP contribution in [0.2, 0.25) is 13.1 Å². The third-order valence-corrected chi connectivity index (χ3v) is 3.61. The summed E-state index contributed by atoms with van der Waals surface area (Å²) in [6.07, 6.45) is 3.79. The van der Waals surface area contributed by atoms with Crippen molar-refractivity contribution in [3.05, 3.63) is 41.7 Å². The molecule has 0 bridgehead atoms. The molecular formula is C15H22N3OSi+. The maximum Gasteiger partial charge on any atom is 1.00 e. The quantitative estimate of drug-likeness (QED) is 0.639. The molecule has 2 aromatic rings. The third kappa shape index (κ3) is 3.57. The van der Waals surface area contributed by atoms with Crippen LogP contribution in [0.1, 0.15) is 19.5 Å². The van der Waals surface area contributed by atoms with Gasteiger partial charge in [0, 0.05) is 24.5 Å². The Morgan fingerprint density at radius 2 is 2.15 bits per heavy atom. The van der Waals surface area contributed by atoms with E-state index < -0.39 is 9.04 Å². The Bertz CT molecular complexity index is 638. The first-order valence-corrected chi connectivity index (χ1v) is 9.55. The van der Waals surface area contributed by atoms with Gasteiger partial charge in [-0.1, -0.05) is 6.07 Å². The van der Waals surface area contributed by atoms with E-state index in [-0.39, 0.29) is 1.43 Å². The van der Waals surface area contributed by atoms with Gasteiger partial charge in [0.15, 0.2) is 0 Å². The van der Waals surface area contributed by atoms with E-state index in [0.717, 1.165) is 22.7 Å². The van der Waals surface area contributed by atoms with Crippen LogP contribution in [0.25, 0.3) is 0 Å². The first kappa shape index (κ1) is 14.5. The maximum absolute atomic E-state index is 5.98. The van der Waals surface area contributed by atoms with Gasteiger partial charge in [-0.2, -0.15) is 5.10 Å². The van der Waals surface area contributed by atoms with Crippen molar-refractivity contribution in [3.63, 3.8) is 0 Å². The van der Waals surface area contributed by atoms with Crippen molar-refractivity contribution < 1.29 is 5.85 Å². The van der Waals surface area contributed by atoms with Gasteiger partial charge in [-0.15, -0.1) is 0 Å². The molecule has 0 spiro atoms. The highest BCUT2D eigenvalue weighted by Crippen LogP contribution is 2.29. The van der Waals surface area contributed by atoms with E-state index in [9.17, 15) is 0 Å². The third-order valence-electron chi connectivity index (χ3n) is 2.89. The van der Waals surface area contributed by atoms with Gasteiger partial charge in [0.1, 0.15) is 11.4 Å². The molecule has 0 aliphatic rings. The minimum Gasteiger partial charge on any atom is -0.546 e. The van der Waals surface area contributed by atoms with E-state index in [1.54, 1.807) is 4.68 Å². The molecule has 5 heteroatoms. The highest BCUT2D eigenvalue weighted by atomic mass is 28.3. The molecule has 1 heterocycles. The molecule has 20 heavy (non-hydrogen) atoms. The fraction of sp³-hybridized carbons (Fsp3) is 0.333. The van der Waals surface area contributed by atoms with Gasteiger partial charge < -0.3 is 4.43 Å². The Morgan fingerprint density at radius 1 is 1.40 bits per heavy atom. The molecule has 0 saturated carbocycles. The van der Waals surface area contributed by atoms with Crippen molar-refractivity contribution in [1.82, 2.24) is 9.78 Å². The number of aryl methyl sites for hydroxylation is 2. The van der Waals surface area contributed by atoms with Crippen molar-refractivity contribution in [2.45, 2.75) is 26.9 Å². The average Bonchev–Trinajstić information content (AvgIpc) is 2.78. The Labute approximate surface area is 123 Å². The van der Waals surface area contributed by atoms with Crippen LogP contribution in [0.5, 0.6) is 5.75 Å². The van der Waals surface area contributed by atoms with Gasteiger partial charge >= 0.3 is 1.43 Å². The van der Waals surface area contributed by atoms with Crippen molar-refractivity contribution >= 4 is 20.4 Å². The van der Waals surface area contributed by atoms with Gasteiger partial charge in [0.05, 0.1) is 6.20 Å². The molecule has 0 saturated heterocycles. The molecule has 0 unspecified atom stereocenters. The highest BCUT2D eigenvalue weighted by molar-refractivity contribution is 6.49. The molecule has 0 fully saturated rings. The van der Waals surface area contributed by atoms with Crippen molar-refractivity contribution in [2.75, 3.05) is 0 Å². The van der Waals surface area contributed by atoms with Gasteiger partial charge in [-0.25, -0.2) is 4.99 Å². The summed E-state index contributed by atoms with van der Waals surface area (Å²) in [6.45, 7) is 8.37. The van der Waals surface area contributed by atoms with Gasteiger partial charge in [-0.05, 0) is 44.6 Å². The zero-order valence-corrected chi connectivity index (χ0v) is 13.9. The lowest BCUT2D eigenvalue weighted by atomic mass is 10.2. The Balaban J connectivity index is 0.00000220. The van der Waals surface area contributed by atoms with E-state index in [1.165, 1.54) is 5.56 Å². The van der Waals surface area contributed by atoms with Crippen LogP contribution < -0.4 is 4.43 Å². The van der Waals surface area contributed by atoms with E-state index in [0.29, 0.717) is 0 Å². The van der Waals surface area contributed by atoms with Gasteiger partial charge in [0.25, 0.3) is 0 Å². The van der Waals surface area contributed by atoms with Crippen LogP contribution in [-0.2, 0) is 7.05 Å². The molecule has 1 aromatic carbocycles. The Kier molecular flexibility index (Phi) is 4.39. The molecule has 0 atom stereocenters. The number of hydrogen-bond donors (Lipinski definition) is 0. The second-order valence-electron chi connectivity index (χ2n) is 5.24. The number of benzene rings is 1. The summed E-state index contributed by atoms with van der Waals surface area (Å²) in [4.78, 5) is 4.70. The molecule has 0 radical (unpaired) electrons. The lowest BCUT2D eigenvalue weighted by Gasteiger charge is -2.13. The second-order valence-corrected chi connectivity index (χ2v) is 7.57. The van der Waals surface area contributed by atoms with Crippen LogP contribution in [0, 0.1) is 6.92 Å². The minimum absolute atomic E-state index is 0. The molecular weight excluding hydrogens is 266 g/mol. The number of rotatable bonds is 4. The zero-order valence-electron chi connectivity index (χ0n) is 13.7. The van der Waals surface area contributed by atoms with Gasteiger partial charge in [-0.3, -0.25) is 4.68 Å². The molecule has 0 aliphatic heterocycles. The fourth-order valence-electron chi connectivity index (χ4n) is 1.92. The lowest BCUT2D eigenvalue weighted by Crippen LogP contribution is -2.11. The van der Waals surface area contributed by atoms with Crippen LogP contribution >= 0.6 is 0 Å². The molecule has 0 aliphatic carbocycles. The molecule has 4 nitrogen and oxygen atoms in total. The van der Waals surface area contributed by atoms with E-state index in [1.807, 2.05) is 32.4 Å². The molecule has 106 valence electrons. The number of aromatic nitrogens is 2. The predicted molar refractivity (Wildman–Crippen MR) is 86.9 cm³/mol. The van der Waals surface area contributed by atoms with Crippen molar-refractivity contribution in [2.24, 2.45) is 12.0 Å². The molecule has 1 aromatic heterocycles. The summed E-state index contributed by atoms with van der Waals surface area (Å²) in [5.41, 5.74) is 4.05. The Hall–Kier alpha value is -1.88. The summed E-state index contributed by atoms with van der Waals surface area (Å²) in [5.74, 6) is 0.884. The van der Waals surface area contributed by atoms with E-state index in [2.05, 4.69) is 37.2 Å². The first-order valence-electron chi connectivity index (χ1n) is 6.77. The second kappa shape index (κ2) is 6.05. The Morgan fingerprint density at radius 3 is 2.75 bits per heavy atom. The summed E-state index contributed by atoms with van der Waals surface area (Å²) in [7, 11) is 0.758. The van der Waals surface area contributed by atoms with E-state index in [4.69, 9.17) is 9.42 Å². The van der Waals surface area contributed by atoms with Crippen LogP contribution in [0.15, 0.2) is 35.6 Å². The largest absolute Gasteiger partial charge is 1.00 e. The van der Waals surface area contributed by atoms with E-state index >= 15 is 0 Å². The summed E-state index contributed by atoms with van der Waals surface area (Å²) in [6, 6.07) is 6.13. The van der Waals surface area contributed by atoms with Crippen LogP contribution in [-0.4, -0.2) is 24.5 Å². The molecule has 0 N–H and O–H groups in total. The maximum atomic E-state index is 5.98. The van der Waals surface area contributed by atoms with Crippen molar-refractivity contribution in [3.8, 4) is 5.75 Å². The van der Waals surface area contributed by atoms with Crippen LogP contribution in [0.4, 0.5) is 5.69 Å². The molecule has 0 amide bonds. The lowest BCUT2D eigenvalue weighted by molar-refractivity contribution is 0.581. The normalized spacial score (nSPS) is 12.0. The number of hydrogen-bond acceptors (Lipinski definition) is 3. The topological polar surface area (TPSA) is 39.4 Å². The minimum atomic E-state index is -1.15. The molecule has 2 rings (SSSR count). The smallest absolute Gasteiger partial charge is 0.546 e.